The Balaban J connectivity index is 2.18. The molecule has 2 aromatic rings. The van der Waals surface area contributed by atoms with Crippen molar-refractivity contribution in [3.8, 4) is 0 Å². The minimum absolute atomic E-state index is 0.0383. The number of carbonyl (C=O) groups excluding carboxylic acids is 1. The van der Waals surface area contributed by atoms with Crippen LogP contribution < -0.4 is 5.32 Å². The predicted octanol–water partition coefficient (Wildman–Crippen LogP) is 3.15. The van der Waals surface area contributed by atoms with Gasteiger partial charge in [-0.25, -0.2) is 0 Å². The number of anilines is 1. The van der Waals surface area contributed by atoms with Crippen LogP contribution in [0.15, 0.2) is 42.7 Å². The monoisotopic (exact) mass is 265 g/mol. The maximum atomic E-state index is 12.5. The zero-order valence-corrected chi connectivity index (χ0v) is 9.53. The van der Waals surface area contributed by atoms with Gasteiger partial charge in [-0.2, -0.15) is 13.2 Å². The number of hydrogen-bond donors (Lipinski definition) is 1. The van der Waals surface area contributed by atoms with Crippen molar-refractivity contribution in [2.75, 3.05) is 5.32 Å². The van der Waals surface area contributed by atoms with E-state index in [0.717, 1.165) is 18.2 Å². The van der Waals surface area contributed by atoms with Crippen LogP contribution in [0, 0.1) is 6.07 Å². The number of nitrogens with one attached hydrogen (secondary N) is 1. The average molecular weight is 265 g/mol. The molecule has 3 nitrogen and oxygen atoms in total. The van der Waals surface area contributed by atoms with Crippen molar-refractivity contribution >= 4 is 11.6 Å². The summed E-state index contributed by atoms with van der Waals surface area (Å²) in [6.07, 6.45) is -1.64. The van der Waals surface area contributed by atoms with Gasteiger partial charge in [0.1, 0.15) is 0 Å². The van der Waals surface area contributed by atoms with Gasteiger partial charge in [0.15, 0.2) is 0 Å². The van der Waals surface area contributed by atoms with E-state index in [-0.39, 0.29) is 11.3 Å². The predicted molar refractivity (Wildman–Crippen MR) is 62.5 cm³/mol. The molecule has 1 aromatic heterocycles. The third-order valence-electron chi connectivity index (χ3n) is 2.30. The molecule has 0 aliphatic carbocycles. The second kappa shape index (κ2) is 5.09. The summed E-state index contributed by atoms with van der Waals surface area (Å²) < 4.78 is 37.5. The van der Waals surface area contributed by atoms with Crippen molar-refractivity contribution in [1.82, 2.24) is 4.98 Å². The van der Waals surface area contributed by atoms with Crippen LogP contribution in [0.1, 0.15) is 15.9 Å². The number of alkyl halides is 3. The van der Waals surface area contributed by atoms with Crippen molar-refractivity contribution in [2.45, 2.75) is 6.18 Å². The first-order chi connectivity index (χ1) is 8.97. The fraction of sp³-hybridized carbons (Fsp3) is 0.0769. The van der Waals surface area contributed by atoms with E-state index in [0.29, 0.717) is 0 Å². The molecule has 19 heavy (non-hydrogen) atoms. The van der Waals surface area contributed by atoms with Crippen LogP contribution in [-0.4, -0.2) is 10.9 Å². The number of rotatable bonds is 2. The molecule has 0 bridgehead atoms. The number of hydrogen-bond acceptors (Lipinski definition) is 2. The molecule has 0 saturated carbocycles. The number of pyridine rings is 1. The lowest BCUT2D eigenvalue weighted by Crippen LogP contribution is -2.13. The van der Waals surface area contributed by atoms with E-state index in [1.807, 2.05) is 0 Å². The Bertz CT molecular complexity index is 582. The van der Waals surface area contributed by atoms with E-state index in [1.54, 1.807) is 6.07 Å². The van der Waals surface area contributed by atoms with Crippen molar-refractivity contribution in [2.24, 2.45) is 0 Å². The third kappa shape index (κ3) is 3.31. The Morgan fingerprint density at radius 2 is 2.11 bits per heavy atom. The molecule has 97 valence electrons. The highest BCUT2D eigenvalue weighted by molar-refractivity contribution is 6.03. The normalized spacial score (nSPS) is 11.1. The number of aromatic nitrogens is 1. The molecule has 0 aliphatic rings. The number of nitrogens with zero attached hydrogens (tertiary/aromatic N) is 1. The van der Waals surface area contributed by atoms with Crippen molar-refractivity contribution in [1.29, 1.82) is 0 Å². The molecule has 1 radical (unpaired) electrons. The lowest BCUT2D eigenvalue weighted by molar-refractivity contribution is -0.137. The highest BCUT2D eigenvalue weighted by Crippen LogP contribution is 2.30. The van der Waals surface area contributed by atoms with Gasteiger partial charge >= 0.3 is 6.18 Å². The van der Waals surface area contributed by atoms with Crippen molar-refractivity contribution in [3.63, 3.8) is 0 Å². The molecule has 0 fully saturated rings. The first-order valence-corrected chi connectivity index (χ1v) is 5.27. The summed E-state index contributed by atoms with van der Waals surface area (Å²) in [7, 11) is 0. The molecule has 0 spiro atoms. The van der Waals surface area contributed by atoms with Crippen LogP contribution in [-0.2, 0) is 6.18 Å². The van der Waals surface area contributed by atoms with Crippen LogP contribution in [0.25, 0.3) is 0 Å². The Morgan fingerprint density at radius 3 is 2.74 bits per heavy atom. The Morgan fingerprint density at radius 1 is 1.32 bits per heavy atom. The second-order valence-corrected chi connectivity index (χ2v) is 3.68. The molecule has 6 heteroatoms. The summed E-state index contributed by atoms with van der Waals surface area (Å²) in [4.78, 5) is 15.5. The number of amides is 1. The average Bonchev–Trinajstić information content (AvgIpc) is 2.39. The summed E-state index contributed by atoms with van der Waals surface area (Å²) in [6.45, 7) is 0. The minimum Gasteiger partial charge on any atom is -0.321 e. The van der Waals surface area contributed by atoms with Gasteiger partial charge in [-0.3, -0.25) is 9.78 Å². The fourth-order valence-electron chi connectivity index (χ4n) is 1.41. The zero-order chi connectivity index (χ0) is 13.9. The van der Waals surface area contributed by atoms with Gasteiger partial charge in [0.05, 0.1) is 11.1 Å². The van der Waals surface area contributed by atoms with Gasteiger partial charge < -0.3 is 5.32 Å². The Hall–Kier alpha value is -2.37. The minimum atomic E-state index is -4.46. The quantitative estimate of drug-likeness (QED) is 0.906. The van der Waals surface area contributed by atoms with E-state index in [4.69, 9.17) is 0 Å². The van der Waals surface area contributed by atoms with E-state index >= 15 is 0 Å². The Labute approximate surface area is 107 Å². The SMILES string of the molecule is O=C(Nc1[c]ccc(C(F)(F)F)c1)c1cccnc1. The van der Waals surface area contributed by atoms with E-state index in [2.05, 4.69) is 16.4 Å². The summed E-state index contributed by atoms with van der Waals surface area (Å²) in [5.41, 5.74) is -0.621. The molecule has 0 atom stereocenters. The van der Waals surface area contributed by atoms with Gasteiger partial charge in [-0.1, -0.05) is 6.07 Å². The summed E-state index contributed by atoms with van der Waals surface area (Å²) in [5.74, 6) is -0.538. The van der Waals surface area contributed by atoms with Gasteiger partial charge in [0, 0.05) is 24.1 Å². The van der Waals surface area contributed by atoms with Gasteiger partial charge in [0.25, 0.3) is 5.91 Å². The van der Waals surface area contributed by atoms with Crippen LogP contribution in [0.4, 0.5) is 18.9 Å². The molecule has 0 saturated heterocycles. The van der Waals surface area contributed by atoms with Gasteiger partial charge in [-0.05, 0) is 24.3 Å². The number of halogens is 3. The highest BCUT2D eigenvalue weighted by Gasteiger charge is 2.30. The van der Waals surface area contributed by atoms with Crippen LogP contribution in [0.2, 0.25) is 0 Å². The third-order valence-corrected chi connectivity index (χ3v) is 2.30. The standard InChI is InChI=1S/C13H8F3N2O/c14-13(15,16)10-4-1-5-11(7-10)18-12(19)9-3-2-6-17-8-9/h1-4,6-8H,(H,18,19). The largest absolute Gasteiger partial charge is 0.416 e. The van der Waals surface area contributed by atoms with Crippen LogP contribution >= 0.6 is 0 Å². The second-order valence-electron chi connectivity index (χ2n) is 3.68. The first-order valence-electron chi connectivity index (χ1n) is 5.27. The van der Waals surface area contributed by atoms with Crippen LogP contribution in [0.3, 0.4) is 0 Å². The smallest absolute Gasteiger partial charge is 0.321 e. The molecule has 0 aliphatic heterocycles. The van der Waals surface area contributed by atoms with E-state index in [1.165, 1.54) is 18.5 Å². The molecule has 1 aromatic carbocycles. The van der Waals surface area contributed by atoms with Gasteiger partial charge in [0.2, 0.25) is 0 Å². The molecule has 0 unspecified atom stereocenters. The molecule has 1 amide bonds. The topological polar surface area (TPSA) is 42.0 Å². The highest BCUT2D eigenvalue weighted by atomic mass is 19.4. The fourth-order valence-corrected chi connectivity index (χ4v) is 1.41. The van der Waals surface area contributed by atoms with E-state index in [9.17, 15) is 18.0 Å². The lowest BCUT2D eigenvalue weighted by atomic mass is 10.2. The molecule has 1 heterocycles. The summed E-state index contributed by atoms with van der Waals surface area (Å²) >= 11 is 0. The Kier molecular flexibility index (Phi) is 3.50. The molecule has 1 N–H and O–H groups in total. The lowest BCUT2D eigenvalue weighted by Gasteiger charge is -2.09. The van der Waals surface area contributed by atoms with Crippen molar-refractivity contribution < 1.29 is 18.0 Å². The maximum absolute atomic E-state index is 12.5. The van der Waals surface area contributed by atoms with E-state index < -0.39 is 17.6 Å². The molecule has 2 rings (SSSR count). The summed E-state index contributed by atoms with van der Waals surface area (Å²) in [5, 5.41) is 2.34. The molecular formula is C13H8F3N2O. The molecular weight excluding hydrogens is 257 g/mol. The van der Waals surface area contributed by atoms with Crippen molar-refractivity contribution in [3.05, 3.63) is 59.9 Å². The number of benzene rings is 1. The maximum Gasteiger partial charge on any atom is 0.416 e. The zero-order valence-electron chi connectivity index (χ0n) is 9.53. The van der Waals surface area contributed by atoms with Crippen LogP contribution in [0.5, 0.6) is 0 Å². The summed E-state index contributed by atoms with van der Waals surface area (Å²) in [6, 6.07) is 8.43. The van der Waals surface area contributed by atoms with Gasteiger partial charge in [-0.15, -0.1) is 0 Å². The number of carbonyl (C=O) groups is 1. The first kappa shape index (κ1) is 13.1.